The van der Waals surface area contributed by atoms with E-state index in [0.717, 1.165) is 87.0 Å². The Kier molecular flexibility index (Phi) is 23.3. The Morgan fingerprint density at radius 3 is 1.37 bits per heavy atom. The second-order valence-electron chi connectivity index (χ2n) is 26.4. The molecule has 0 unspecified atom stereocenters. The molecule has 24 heteroatoms. The van der Waals surface area contributed by atoms with Gasteiger partial charge in [-0.2, -0.15) is 25.4 Å². The first-order valence-corrected chi connectivity index (χ1v) is 36.1. The molecule has 4 aromatic rings. The summed E-state index contributed by atoms with van der Waals surface area (Å²) in [6, 6.07) is 22.0. The fourth-order valence-electron chi connectivity index (χ4n) is 15.0. The molecule has 8 N–H and O–H groups in total. The zero-order chi connectivity index (χ0) is 68.0. The topological polar surface area (TPSA) is 285 Å². The number of anilines is 2. The molecule has 94 heavy (non-hydrogen) atoms. The molecule has 2 heterocycles. The van der Waals surface area contributed by atoms with Gasteiger partial charge in [0.1, 0.15) is 11.5 Å². The van der Waals surface area contributed by atoms with E-state index < -0.39 is 68.9 Å². The highest BCUT2D eigenvalue weighted by Crippen LogP contribution is 2.50. The summed E-state index contributed by atoms with van der Waals surface area (Å²) in [5.74, 6) is -0.417. The van der Waals surface area contributed by atoms with Crippen molar-refractivity contribution in [2.75, 3.05) is 89.6 Å². The number of carbonyl (C=O) groups excluding carboxylic acids is 2. The molecule has 10 rings (SSSR count). The minimum absolute atomic E-state index is 0.0228. The molecule has 10 atom stereocenters. The van der Waals surface area contributed by atoms with E-state index in [2.05, 4.69) is 48.2 Å². The van der Waals surface area contributed by atoms with E-state index in [-0.39, 0.29) is 58.7 Å². The minimum Gasteiger partial charge on any atom is -0.490 e. The van der Waals surface area contributed by atoms with E-state index >= 15 is 0 Å². The maximum atomic E-state index is 13.3. The van der Waals surface area contributed by atoms with Gasteiger partial charge in [-0.15, -0.1) is 26.3 Å². The van der Waals surface area contributed by atoms with Gasteiger partial charge < -0.3 is 49.2 Å². The number of nitrogens with two attached hydrogens (primary N) is 2. The number of rotatable bonds is 26. The third-order valence-electron chi connectivity index (χ3n) is 20.5. The van der Waals surface area contributed by atoms with Crippen molar-refractivity contribution in [1.29, 1.82) is 0 Å². The Morgan fingerprint density at radius 1 is 0.649 bits per heavy atom. The van der Waals surface area contributed by atoms with Crippen LogP contribution in [0.1, 0.15) is 110 Å². The summed E-state index contributed by atoms with van der Waals surface area (Å²) in [5.41, 5.74) is 0.945. The number of carbonyl (C=O) groups is 2. The van der Waals surface area contributed by atoms with Crippen LogP contribution >= 0.6 is 23.2 Å². The zero-order valence-corrected chi connectivity index (χ0v) is 57.0. The fraction of sp³-hybridized carbons (Fsp3) is 0.514. The van der Waals surface area contributed by atoms with E-state index in [9.17, 15) is 46.9 Å². The van der Waals surface area contributed by atoms with E-state index in [1.807, 2.05) is 24.3 Å². The molecule has 4 aromatic carbocycles. The Morgan fingerprint density at radius 2 is 1.04 bits per heavy atom. The van der Waals surface area contributed by atoms with E-state index in [1.54, 1.807) is 60.7 Å². The number of methoxy groups -OCH3 is 2. The number of halogens is 2. The Bertz CT molecular complexity index is 3440. The van der Waals surface area contributed by atoms with Crippen molar-refractivity contribution in [3.63, 3.8) is 0 Å². The smallest absolute Gasteiger partial charge is 0.343 e. The number of esters is 2. The number of benzene rings is 4. The highest BCUT2D eigenvalue weighted by molar-refractivity contribution is 7.87. The van der Waals surface area contributed by atoms with Gasteiger partial charge in [-0.3, -0.25) is 0 Å². The summed E-state index contributed by atoms with van der Waals surface area (Å²) in [5, 5.41) is 57.8. The van der Waals surface area contributed by atoms with Crippen LogP contribution in [0.3, 0.4) is 0 Å². The first-order chi connectivity index (χ1) is 44.7. The van der Waals surface area contributed by atoms with Crippen LogP contribution in [0.4, 0.5) is 11.4 Å². The van der Waals surface area contributed by atoms with E-state index in [0.29, 0.717) is 98.0 Å². The second kappa shape index (κ2) is 30.3. The van der Waals surface area contributed by atoms with Gasteiger partial charge in [0.25, 0.3) is 20.4 Å². The maximum Gasteiger partial charge on any atom is 0.343 e. The number of unbranched alkanes of at least 4 members (excludes halogenated alkanes) is 2. The van der Waals surface area contributed by atoms with Crippen molar-refractivity contribution >= 4 is 66.9 Å². The normalized spacial score (nSPS) is 24.2. The van der Waals surface area contributed by atoms with Gasteiger partial charge in [-0.25, -0.2) is 19.9 Å². The maximum absolute atomic E-state index is 13.3. The van der Waals surface area contributed by atoms with Crippen LogP contribution in [-0.4, -0.2) is 150 Å². The van der Waals surface area contributed by atoms with Crippen molar-refractivity contribution in [3.8, 4) is 11.5 Å². The highest BCUT2D eigenvalue weighted by Gasteiger charge is 2.50. The quantitative estimate of drug-likeness (QED) is 0.0195. The molecule has 20 nitrogen and oxygen atoms in total. The number of hydrogen-bond acceptors (Lipinski definition) is 16. The number of aliphatic hydroxyl groups excluding tert-OH is 2. The number of aryl methyl sites for hydroxylation is 2. The van der Waals surface area contributed by atoms with Crippen LogP contribution in [-0.2, 0) is 74.4 Å². The van der Waals surface area contributed by atoms with Gasteiger partial charge in [0.2, 0.25) is 11.2 Å². The summed E-state index contributed by atoms with van der Waals surface area (Å²) in [6.07, 6.45) is 16.3. The van der Waals surface area contributed by atoms with Gasteiger partial charge in [0.05, 0.1) is 64.1 Å². The predicted molar refractivity (Wildman–Crippen MR) is 365 cm³/mol. The van der Waals surface area contributed by atoms with Crippen molar-refractivity contribution in [2.45, 2.75) is 124 Å². The largest absolute Gasteiger partial charge is 0.490 e. The fourth-order valence-corrected chi connectivity index (χ4v) is 16.9. The van der Waals surface area contributed by atoms with Crippen LogP contribution in [0.25, 0.3) is 0 Å². The van der Waals surface area contributed by atoms with Gasteiger partial charge >= 0.3 is 11.9 Å². The molecule has 0 radical (unpaired) electrons. The minimum atomic E-state index is -4.29. The number of aliphatic hydroxyl groups is 4. The summed E-state index contributed by atoms with van der Waals surface area (Å²) < 4.78 is 75.3. The van der Waals surface area contributed by atoms with Crippen LogP contribution in [0, 0.1) is 23.7 Å². The molecule has 512 valence electrons. The summed E-state index contributed by atoms with van der Waals surface area (Å²) in [4.78, 5) is 31.1. The van der Waals surface area contributed by atoms with Gasteiger partial charge in [0.15, 0.2) is 0 Å². The van der Waals surface area contributed by atoms with Crippen molar-refractivity contribution < 1.29 is 65.8 Å². The molecular weight excluding hydrogens is 1280 g/mol. The zero-order valence-electron chi connectivity index (χ0n) is 53.9. The lowest BCUT2D eigenvalue weighted by molar-refractivity contribution is -0.165. The number of hydrogen-bond donors (Lipinski definition) is 6. The van der Waals surface area contributed by atoms with Crippen LogP contribution in [0.5, 0.6) is 11.5 Å². The molecule has 0 bridgehead atoms. The third kappa shape index (κ3) is 15.6. The summed E-state index contributed by atoms with van der Waals surface area (Å²) >= 11 is 12.8. The van der Waals surface area contributed by atoms with Crippen LogP contribution in [0.2, 0.25) is 10.0 Å². The first-order valence-electron chi connectivity index (χ1n) is 32.3. The van der Waals surface area contributed by atoms with Gasteiger partial charge in [0, 0.05) is 60.1 Å². The second-order valence-corrected chi connectivity index (χ2v) is 30.3. The molecule has 4 aliphatic carbocycles. The van der Waals surface area contributed by atoms with Crippen molar-refractivity contribution in [3.05, 3.63) is 167 Å². The van der Waals surface area contributed by atoms with Crippen LogP contribution in [0.15, 0.2) is 123 Å². The SMILES string of the molecule is C=CCCCN(C[C@@](O)(C(=O)OC)c1ccc2c(c1)N(C[C@@H]1CC[C@H]1[C@@H](O)C=C)C[C@@]1(CCCc3cc(Cl)ccc31)CO2)S(N)(=O)=O.C=CCCCN(C[C@](O)(C(=O)OC)c1ccc2c(c1)N(C[C@@H]1CC[C@H]1[C@@H](O)C=C)C[C@@]1(CCCc3cc(Cl)ccc31)CO2)S(N)(=O)=O. The standard InChI is InChI=1S/2C35H46ClN3O7S/c2*1-4-6-7-17-39(47(37,43)44)22-35(42,33(41)45-3)26-11-15-32-30(19-26)38(20-25-10-13-28(25)31(40)5-2)21-34(23-46-32)16-8-9-24-18-27(36)12-14-29(24)34/h2*4-5,11-12,14-15,18-19,25,28,31,40,42H,1-2,6-10,13,16-17,20-23H2,3H3,(H2,37,43,44)/t25-,28+,31-,34-,35+;25-,28+,31-,34-,35-/m00/s1. The average molecular weight is 1380 g/mol. The molecule has 2 fully saturated rings. The van der Waals surface area contributed by atoms with Crippen LogP contribution < -0.4 is 29.6 Å². The summed E-state index contributed by atoms with van der Waals surface area (Å²) in [7, 11) is -6.29. The third-order valence-corrected chi connectivity index (χ3v) is 23.0. The van der Waals surface area contributed by atoms with E-state index in [1.165, 1.54) is 22.3 Å². The average Bonchev–Trinajstić information content (AvgIpc) is 1.54. The molecule has 0 aromatic heterocycles. The van der Waals surface area contributed by atoms with Crippen molar-refractivity contribution in [2.24, 2.45) is 33.9 Å². The number of allylic oxidation sites excluding steroid dienone is 2. The molecule has 2 saturated carbocycles. The molecule has 6 aliphatic rings. The highest BCUT2D eigenvalue weighted by atomic mass is 35.5. The Balaban J connectivity index is 0.000000221. The van der Waals surface area contributed by atoms with Gasteiger partial charge in [-0.1, -0.05) is 71.8 Å². The monoisotopic (exact) mass is 1370 g/mol. The Labute approximate surface area is 564 Å². The lowest BCUT2D eigenvalue weighted by Crippen LogP contribution is -2.51. The first kappa shape index (κ1) is 72.4. The molecule has 2 aliphatic heterocycles. The molecule has 0 amide bonds. The predicted octanol–water partition coefficient (Wildman–Crippen LogP) is 8.44. The molecule has 0 saturated heterocycles. The lowest BCUT2D eigenvalue weighted by Gasteiger charge is -2.45. The van der Waals surface area contributed by atoms with Gasteiger partial charge in [-0.05, 0) is 195 Å². The summed E-state index contributed by atoms with van der Waals surface area (Å²) in [6.45, 7) is 16.8. The number of nitrogens with zero attached hydrogens (tertiary/aromatic N) is 4. The molecule has 2 spiro atoms. The number of ether oxygens (including phenoxy) is 4. The van der Waals surface area contributed by atoms with E-state index in [4.69, 9.17) is 52.4 Å². The Hall–Kier alpha value is -5.86. The molecular formula is C70H92Cl2N6O14S2. The number of fused-ring (bicyclic) bond motifs is 6. The lowest BCUT2D eigenvalue weighted by atomic mass is 9.68. The van der Waals surface area contributed by atoms with Crippen molar-refractivity contribution in [1.82, 2.24) is 8.61 Å².